The van der Waals surface area contributed by atoms with E-state index in [0.717, 1.165) is 11.3 Å². The maximum absolute atomic E-state index is 11.6. The molecule has 2 N–H and O–H groups in total. The molecule has 0 radical (unpaired) electrons. The lowest BCUT2D eigenvalue weighted by atomic mass is 10.3. The topological polar surface area (TPSA) is 59.0 Å². The van der Waals surface area contributed by atoms with E-state index >= 15 is 0 Å². The van der Waals surface area contributed by atoms with Crippen molar-refractivity contribution in [1.82, 2.24) is 15.1 Å². The Morgan fingerprint density at radius 3 is 2.79 bits per heavy atom. The largest absolute Gasteiger partial charge is 0.376 e. The van der Waals surface area contributed by atoms with E-state index in [-0.39, 0.29) is 12.5 Å². The first-order chi connectivity index (χ1) is 9.24. The average molecular weight is 258 g/mol. The number of benzene rings is 1. The molecule has 5 heteroatoms. The molecule has 0 aliphatic rings. The van der Waals surface area contributed by atoms with Gasteiger partial charge >= 0.3 is 0 Å². The fourth-order valence-corrected chi connectivity index (χ4v) is 1.70. The molecule has 100 valence electrons. The Balaban J connectivity index is 1.65. The van der Waals surface area contributed by atoms with Gasteiger partial charge in [0.05, 0.1) is 19.3 Å². The van der Waals surface area contributed by atoms with Crippen LogP contribution in [0.5, 0.6) is 0 Å². The summed E-state index contributed by atoms with van der Waals surface area (Å²) in [6.45, 7) is 3.54. The van der Waals surface area contributed by atoms with E-state index in [9.17, 15) is 4.79 Å². The summed E-state index contributed by atoms with van der Waals surface area (Å²) < 4.78 is 1.82. The fraction of sp³-hybridized carbons (Fsp3) is 0.286. The Kier molecular flexibility index (Phi) is 4.55. The molecule has 1 amide bonds. The van der Waals surface area contributed by atoms with E-state index in [1.165, 1.54) is 0 Å². The van der Waals surface area contributed by atoms with Crippen LogP contribution in [0, 0.1) is 6.92 Å². The summed E-state index contributed by atoms with van der Waals surface area (Å²) in [6.07, 6.45) is 3.76. The Hall–Kier alpha value is -2.30. The summed E-state index contributed by atoms with van der Waals surface area (Å²) >= 11 is 0. The smallest absolute Gasteiger partial charge is 0.239 e. The van der Waals surface area contributed by atoms with E-state index in [4.69, 9.17) is 0 Å². The standard InChI is InChI=1S/C14H18N4O/c1-12-9-17-18(11-12)8-7-15-14(19)10-16-13-5-3-2-4-6-13/h2-6,9,11,16H,7-8,10H2,1H3,(H,15,19). The number of carbonyl (C=O) groups is 1. The molecule has 0 fully saturated rings. The predicted molar refractivity (Wildman–Crippen MR) is 74.9 cm³/mol. The van der Waals surface area contributed by atoms with Crippen LogP contribution in [0.4, 0.5) is 5.69 Å². The number of para-hydroxylation sites is 1. The molecule has 0 aliphatic heterocycles. The van der Waals surface area contributed by atoms with Crippen molar-refractivity contribution in [2.45, 2.75) is 13.5 Å². The summed E-state index contributed by atoms with van der Waals surface area (Å²) in [6, 6.07) is 9.66. The molecule has 0 atom stereocenters. The number of aromatic nitrogens is 2. The van der Waals surface area contributed by atoms with Gasteiger partial charge < -0.3 is 10.6 Å². The molecular formula is C14H18N4O. The van der Waals surface area contributed by atoms with Crippen molar-refractivity contribution in [2.24, 2.45) is 0 Å². The van der Waals surface area contributed by atoms with Gasteiger partial charge in [0.25, 0.3) is 0 Å². The van der Waals surface area contributed by atoms with Gasteiger partial charge in [0, 0.05) is 18.4 Å². The molecule has 0 aliphatic carbocycles. The minimum Gasteiger partial charge on any atom is -0.376 e. The second-order valence-electron chi connectivity index (χ2n) is 4.35. The van der Waals surface area contributed by atoms with Crippen molar-refractivity contribution >= 4 is 11.6 Å². The second-order valence-corrected chi connectivity index (χ2v) is 4.35. The van der Waals surface area contributed by atoms with Gasteiger partial charge in [-0.1, -0.05) is 18.2 Å². The van der Waals surface area contributed by atoms with Gasteiger partial charge in [-0.25, -0.2) is 0 Å². The second kappa shape index (κ2) is 6.58. The van der Waals surface area contributed by atoms with Crippen molar-refractivity contribution in [3.8, 4) is 0 Å². The number of hydrogen-bond acceptors (Lipinski definition) is 3. The van der Waals surface area contributed by atoms with Gasteiger partial charge in [-0.05, 0) is 24.6 Å². The SMILES string of the molecule is Cc1cnn(CCNC(=O)CNc2ccccc2)c1. The molecule has 5 nitrogen and oxygen atoms in total. The first-order valence-corrected chi connectivity index (χ1v) is 6.29. The highest BCUT2D eigenvalue weighted by molar-refractivity contribution is 5.80. The van der Waals surface area contributed by atoms with Crippen molar-refractivity contribution in [3.63, 3.8) is 0 Å². The lowest BCUT2D eigenvalue weighted by Gasteiger charge is -2.07. The van der Waals surface area contributed by atoms with Gasteiger partial charge in [0.15, 0.2) is 0 Å². The molecule has 0 saturated heterocycles. The van der Waals surface area contributed by atoms with E-state index < -0.39 is 0 Å². The highest BCUT2D eigenvalue weighted by atomic mass is 16.1. The Morgan fingerprint density at radius 2 is 2.11 bits per heavy atom. The Labute approximate surface area is 112 Å². The molecule has 0 unspecified atom stereocenters. The summed E-state index contributed by atoms with van der Waals surface area (Å²) in [5, 5.41) is 10.1. The molecule has 1 aromatic carbocycles. The van der Waals surface area contributed by atoms with Crippen LogP contribution in [-0.4, -0.2) is 28.8 Å². The number of nitrogens with one attached hydrogen (secondary N) is 2. The third kappa shape index (κ3) is 4.46. The summed E-state index contributed by atoms with van der Waals surface area (Å²) in [5.41, 5.74) is 2.07. The number of carbonyl (C=O) groups excluding carboxylic acids is 1. The molecule has 1 heterocycles. The van der Waals surface area contributed by atoms with Crippen LogP contribution in [0.2, 0.25) is 0 Å². The molecule has 0 bridgehead atoms. The van der Waals surface area contributed by atoms with Gasteiger partial charge in [-0.2, -0.15) is 5.10 Å². The van der Waals surface area contributed by atoms with Crippen molar-refractivity contribution < 1.29 is 4.79 Å². The number of nitrogens with zero attached hydrogens (tertiary/aromatic N) is 2. The third-order valence-electron chi connectivity index (χ3n) is 2.65. The van der Waals surface area contributed by atoms with Crippen LogP contribution in [0.15, 0.2) is 42.7 Å². The summed E-state index contributed by atoms with van der Waals surface area (Å²) in [4.78, 5) is 11.6. The molecule has 0 spiro atoms. The normalized spacial score (nSPS) is 10.2. The number of rotatable bonds is 6. The van der Waals surface area contributed by atoms with Gasteiger partial charge in [0.2, 0.25) is 5.91 Å². The minimum absolute atomic E-state index is 0.0206. The number of anilines is 1. The van der Waals surface area contributed by atoms with Crippen LogP contribution >= 0.6 is 0 Å². The highest BCUT2D eigenvalue weighted by Crippen LogP contribution is 2.03. The molecule has 19 heavy (non-hydrogen) atoms. The number of amides is 1. The molecular weight excluding hydrogens is 240 g/mol. The molecule has 2 aromatic rings. The quantitative estimate of drug-likeness (QED) is 0.824. The minimum atomic E-state index is -0.0206. The number of hydrogen-bond donors (Lipinski definition) is 2. The van der Waals surface area contributed by atoms with Crippen LogP contribution in [0.1, 0.15) is 5.56 Å². The van der Waals surface area contributed by atoms with Gasteiger partial charge in [0.1, 0.15) is 0 Å². The zero-order chi connectivity index (χ0) is 13.5. The zero-order valence-electron chi connectivity index (χ0n) is 11.0. The van der Waals surface area contributed by atoms with Crippen molar-refractivity contribution in [3.05, 3.63) is 48.3 Å². The van der Waals surface area contributed by atoms with E-state index in [0.29, 0.717) is 13.1 Å². The predicted octanol–water partition coefficient (Wildman–Crippen LogP) is 1.42. The van der Waals surface area contributed by atoms with Crippen molar-refractivity contribution in [2.75, 3.05) is 18.4 Å². The third-order valence-corrected chi connectivity index (χ3v) is 2.65. The monoisotopic (exact) mass is 258 g/mol. The lowest BCUT2D eigenvalue weighted by Crippen LogP contribution is -2.32. The highest BCUT2D eigenvalue weighted by Gasteiger charge is 2.00. The maximum atomic E-state index is 11.6. The van der Waals surface area contributed by atoms with Crippen LogP contribution in [0.25, 0.3) is 0 Å². The van der Waals surface area contributed by atoms with Crippen LogP contribution in [0.3, 0.4) is 0 Å². The van der Waals surface area contributed by atoms with E-state index in [1.807, 2.05) is 48.1 Å². The summed E-state index contributed by atoms with van der Waals surface area (Å²) in [7, 11) is 0. The molecule has 0 saturated carbocycles. The fourth-order valence-electron chi connectivity index (χ4n) is 1.70. The van der Waals surface area contributed by atoms with Crippen LogP contribution in [-0.2, 0) is 11.3 Å². The molecule has 2 rings (SSSR count). The first-order valence-electron chi connectivity index (χ1n) is 6.29. The van der Waals surface area contributed by atoms with Crippen molar-refractivity contribution in [1.29, 1.82) is 0 Å². The first kappa shape index (κ1) is 13.1. The maximum Gasteiger partial charge on any atom is 0.239 e. The van der Waals surface area contributed by atoms with Crippen LogP contribution < -0.4 is 10.6 Å². The van der Waals surface area contributed by atoms with E-state index in [1.54, 1.807) is 6.20 Å². The van der Waals surface area contributed by atoms with Gasteiger partial charge in [-0.3, -0.25) is 9.48 Å². The summed E-state index contributed by atoms with van der Waals surface area (Å²) in [5.74, 6) is -0.0206. The number of aryl methyl sites for hydroxylation is 1. The lowest BCUT2D eigenvalue weighted by molar-refractivity contribution is -0.119. The van der Waals surface area contributed by atoms with Gasteiger partial charge in [-0.15, -0.1) is 0 Å². The zero-order valence-corrected chi connectivity index (χ0v) is 11.0. The van der Waals surface area contributed by atoms with E-state index in [2.05, 4.69) is 15.7 Å². The molecule has 1 aromatic heterocycles. The average Bonchev–Trinajstić information content (AvgIpc) is 2.83. The Bertz CT molecular complexity index is 521. The Morgan fingerprint density at radius 1 is 1.32 bits per heavy atom.